The third-order valence-corrected chi connectivity index (χ3v) is 9.02. The summed E-state index contributed by atoms with van der Waals surface area (Å²) in [5.41, 5.74) is 0.892. The van der Waals surface area contributed by atoms with Gasteiger partial charge in [0.25, 0.3) is 10.0 Å². The van der Waals surface area contributed by atoms with E-state index in [0.29, 0.717) is 37.3 Å². The molecule has 0 bridgehead atoms. The Balaban J connectivity index is 1.27. The van der Waals surface area contributed by atoms with Gasteiger partial charge in [-0.3, -0.25) is 0 Å². The molecule has 218 valence electrons. The first-order chi connectivity index (χ1) is 19.6. The average molecular weight is 593 g/mol. The maximum absolute atomic E-state index is 13.9. The van der Waals surface area contributed by atoms with Gasteiger partial charge in [-0.05, 0) is 45.1 Å². The predicted molar refractivity (Wildman–Crippen MR) is 141 cm³/mol. The first-order valence-electron chi connectivity index (χ1n) is 13.2. The van der Waals surface area contributed by atoms with E-state index in [1.54, 1.807) is 6.07 Å². The molecule has 0 spiro atoms. The standard InChI is InChI=1S/C25H27F3N8O4S/c1-15(25(26,27)28)36-19-10-21(30-12-18(19)32-22(36)14-40-23-4-2-3-9-39-23)33-20-7-8-29-24(34-20)16-11-31-35(13-16)41(37,38)17-5-6-17/h7-8,10-13,15,17,23H,2-6,9,14H2,1H3,(H,29,30,33,34). The molecular formula is C25H27F3N8O4S. The maximum Gasteiger partial charge on any atom is 0.408 e. The van der Waals surface area contributed by atoms with Gasteiger partial charge in [0.05, 0.1) is 34.9 Å². The summed E-state index contributed by atoms with van der Waals surface area (Å²) in [6.07, 6.45) is 4.28. The second-order valence-electron chi connectivity index (χ2n) is 10.0. The lowest BCUT2D eigenvalue weighted by Gasteiger charge is -2.24. The smallest absolute Gasteiger partial charge is 0.353 e. The number of rotatable bonds is 9. The molecule has 1 aliphatic heterocycles. The molecule has 4 aromatic heterocycles. The number of pyridine rings is 1. The number of halogens is 3. The monoisotopic (exact) mass is 592 g/mol. The molecule has 1 saturated heterocycles. The molecule has 1 saturated carbocycles. The second-order valence-corrected chi connectivity index (χ2v) is 12.1. The molecule has 0 amide bonds. The van der Waals surface area contributed by atoms with Crippen LogP contribution in [0.1, 0.15) is 50.9 Å². The van der Waals surface area contributed by atoms with Crippen LogP contribution in [0, 0.1) is 0 Å². The van der Waals surface area contributed by atoms with Crippen LogP contribution in [0.15, 0.2) is 36.9 Å². The molecule has 0 aromatic carbocycles. The van der Waals surface area contributed by atoms with Crippen molar-refractivity contribution in [1.29, 1.82) is 0 Å². The molecule has 2 unspecified atom stereocenters. The molecule has 4 aromatic rings. The largest absolute Gasteiger partial charge is 0.408 e. The van der Waals surface area contributed by atoms with Crippen molar-refractivity contribution in [3.63, 3.8) is 0 Å². The van der Waals surface area contributed by atoms with Gasteiger partial charge in [0.15, 0.2) is 12.1 Å². The van der Waals surface area contributed by atoms with E-state index in [0.717, 1.165) is 28.4 Å². The van der Waals surface area contributed by atoms with Crippen molar-refractivity contribution in [2.24, 2.45) is 0 Å². The van der Waals surface area contributed by atoms with Crippen LogP contribution in [0.4, 0.5) is 24.8 Å². The number of hydrogen-bond acceptors (Lipinski definition) is 10. The predicted octanol–water partition coefficient (Wildman–Crippen LogP) is 4.34. The zero-order valence-electron chi connectivity index (χ0n) is 22.0. The van der Waals surface area contributed by atoms with Gasteiger partial charge in [-0.2, -0.15) is 22.4 Å². The van der Waals surface area contributed by atoms with Gasteiger partial charge in [-0.15, -0.1) is 0 Å². The Kier molecular flexibility index (Phi) is 7.15. The van der Waals surface area contributed by atoms with Crippen molar-refractivity contribution in [3.05, 3.63) is 42.7 Å². The molecular weight excluding hydrogens is 565 g/mol. The quantitative estimate of drug-likeness (QED) is 0.299. The minimum atomic E-state index is -4.53. The summed E-state index contributed by atoms with van der Waals surface area (Å²) in [6, 6.07) is 1.15. The van der Waals surface area contributed by atoms with Crippen molar-refractivity contribution < 1.29 is 31.1 Å². The van der Waals surface area contributed by atoms with Gasteiger partial charge in [0.1, 0.15) is 35.6 Å². The van der Waals surface area contributed by atoms with Gasteiger partial charge in [0.2, 0.25) is 0 Å². The zero-order valence-corrected chi connectivity index (χ0v) is 22.8. The van der Waals surface area contributed by atoms with Crippen LogP contribution in [0.3, 0.4) is 0 Å². The fourth-order valence-electron chi connectivity index (χ4n) is 4.58. The zero-order chi connectivity index (χ0) is 28.8. The van der Waals surface area contributed by atoms with E-state index < -0.39 is 33.8 Å². The van der Waals surface area contributed by atoms with Gasteiger partial charge in [0, 0.05) is 18.9 Å². The van der Waals surface area contributed by atoms with E-state index >= 15 is 0 Å². The lowest BCUT2D eigenvalue weighted by Crippen LogP contribution is -2.27. The molecule has 16 heteroatoms. The van der Waals surface area contributed by atoms with E-state index in [-0.39, 0.29) is 35.1 Å². The third kappa shape index (κ3) is 5.76. The van der Waals surface area contributed by atoms with Crippen LogP contribution in [0.5, 0.6) is 0 Å². The number of fused-ring (bicyclic) bond motifs is 1. The van der Waals surface area contributed by atoms with Crippen LogP contribution < -0.4 is 5.32 Å². The van der Waals surface area contributed by atoms with Crippen molar-refractivity contribution in [1.82, 2.24) is 33.7 Å². The Hall–Kier alpha value is -3.63. The van der Waals surface area contributed by atoms with E-state index in [4.69, 9.17) is 9.47 Å². The molecule has 41 heavy (non-hydrogen) atoms. The Labute approximate surface area is 233 Å². The van der Waals surface area contributed by atoms with Gasteiger partial charge < -0.3 is 19.4 Å². The van der Waals surface area contributed by atoms with Crippen LogP contribution in [-0.2, 0) is 26.1 Å². The summed E-state index contributed by atoms with van der Waals surface area (Å²) in [7, 11) is -3.54. The summed E-state index contributed by atoms with van der Waals surface area (Å²) in [6.45, 7) is 1.46. The van der Waals surface area contributed by atoms with Crippen molar-refractivity contribution in [2.75, 3.05) is 11.9 Å². The summed E-state index contributed by atoms with van der Waals surface area (Å²) in [5.74, 6) is 0.856. The highest BCUT2D eigenvalue weighted by molar-refractivity contribution is 7.90. The molecule has 0 radical (unpaired) electrons. The first kappa shape index (κ1) is 27.5. The number of nitrogens with zero attached hydrogens (tertiary/aromatic N) is 7. The molecule has 2 fully saturated rings. The number of imidazole rings is 1. The summed E-state index contributed by atoms with van der Waals surface area (Å²) >= 11 is 0. The Bertz CT molecular complexity index is 1660. The lowest BCUT2D eigenvalue weighted by atomic mass is 10.2. The SMILES string of the molecule is CC(n1c(COC2CCCCO2)nc2cnc(Nc3ccnc(-c4cnn(S(=O)(=O)C5CC5)c4)n3)cc21)C(F)(F)F. The summed E-state index contributed by atoms with van der Waals surface area (Å²) in [4.78, 5) is 17.3. The van der Waals surface area contributed by atoms with Gasteiger partial charge in [-0.25, -0.2) is 28.4 Å². The van der Waals surface area contributed by atoms with Crippen LogP contribution in [0.2, 0.25) is 0 Å². The topological polar surface area (TPSA) is 139 Å². The number of nitrogens with one attached hydrogen (secondary N) is 1. The molecule has 1 aliphatic carbocycles. The molecule has 5 heterocycles. The fourth-order valence-corrected chi connectivity index (χ4v) is 6.06. The highest BCUT2D eigenvalue weighted by Crippen LogP contribution is 2.35. The molecule has 12 nitrogen and oxygen atoms in total. The highest BCUT2D eigenvalue weighted by atomic mass is 32.2. The first-order valence-corrected chi connectivity index (χ1v) is 14.7. The Morgan fingerprint density at radius 2 is 1.98 bits per heavy atom. The lowest BCUT2D eigenvalue weighted by molar-refractivity contribution is -0.175. The molecule has 6 rings (SSSR count). The van der Waals surface area contributed by atoms with Crippen LogP contribution in [-0.4, -0.2) is 66.4 Å². The number of anilines is 2. The van der Waals surface area contributed by atoms with E-state index in [1.165, 1.54) is 30.9 Å². The Morgan fingerprint density at radius 1 is 1.15 bits per heavy atom. The van der Waals surface area contributed by atoms with E-state index in [2.05, 4.69) is 30.4 Å². The molecule has 1 N–H and O–H groups in total. The number of ether oxygens (including phenoxy) is 2. The Morgan fingerprint density at radius 3 is 2.71 bits per heavy atom. The number of aromatic nitrogens is 7. The minimum absolute atomic E-state index is 0.112. The van der Waals surface area contributed by atoms with Crippen LogP contribution in [0.25, 0.3) is 22.4 Å². The van der Waals surface area contributed by atoms with Gasteiger partial charge >= 0.3 is 6.18 Å². The fraction of sp³-hybridized carbons (Fsp3) is 0.480. The summed E-state index contributed by atoms with van der Waals surface area (Å²) < 4.78 is 79.9. The highest BCUT2D eigenvalue weighted by Gasteiger charge is 2.40. The van der Waals surface area contributed by atoms with Gasteiger partial charge in [-0.1, -0.05) is 0 Å². The van der Waals surface area contributed by atoms with E-state index in [1.807, 2.05) is 0 Å². The molecule has 2 atom stereocenters. The maximum atomic E-state index is 13.9. The third-order valence-electron chi connectivity index (χ3n) is 6.98. The number of hydrogen-bond donors (Lipinski definition) is 1. The van der Waals surface area contributed by atoms with Crippen LogP contribution >= 0.6 is 0 Å². The normalized spacial score (nSPS) is 19.0. The number of alkyl halides is 3. The van der Waals surface area contributed by atoms with Crippen molar-refractivity contribution in [2.45, 2.75) is 69.4 Å². The van der Waals surface area contributed by atoms with Crippen molar-refractivity contribution in [3.8, 4) is 11.4 Å². The average Bonchev–Trinajstić information content (AvgIpc) is 3.59. The minimum Gasteiger partial charge on any atom is -0.353 e. The molecule has 2 aliphatic rings. The second kappa shape index (κ2) is 10.6. The summed E-state index contributed by atoms with van der Waals surface area (Å²) in [5, 5.41) is 6.53. The van der Waals surface area contributed by atoms with Crippen molar-refractivity contribution >= 4 is 32.7 Å². The van der Waals surface area contributed by atoms with E-state index in [9.17, 15) is 21.6 Å².